The minimum Gasteiger partial charge on any atom is -0.310 e. The number of benzene rings is 1. The SMILES string of the molecule is CC.Cc1cccc(C(C)(N)N)c1. The van der Waals surface area contributed by atoms with Gasteiger partial charge in [0.05, 0.1) is 5.66 Å². The zero-order valence-corrected chi connectivity index (χ0v) is 8.96. The Labute approximate surface area is 80.9 Å². The summed E-state index contributed by atoms with van der Waals surface area (Å²) in [5.74, 6) is 0. The van der Waals surface area contributed by atoms with Crippen molar-refractivity contribution in [2.75, 3.05) is 0 Å². The lowest BCUT2D eigenvalue weighted by molar-refractivity contribution is 0.520. The summed E-state index contributed by atoms with van der Waals surface area (Å²) in [6.07, 6.45) is 0. The maximum Gasteiger partial charge on any atom is 0.0870 e. The topological polar surface area (TPSA) is 52.0 Å². The molecule has 1 aromatic carbocycles. The highest BCUT2D eigenvalue weighted by atomic mass is 14.9. The van der Waals surface area contributed by atoms with Gasteiger partial charge in [-0.2, -0.15) is 0 Å². The molecule has 0 heterocycles. The third-order valence-electron chi connectivity index (χ3n) is 1.64. The molecule has 74 valence electrons. The van der Waals surface area contributed by atoms with Gasteiger partial charge in [0, 0.05) is 0 Å². The van der Waals surface area contributed by atoms with Crippen LogP contribution in [0.2, 0.25) is 0 Å². The van der Waals surface area contributed by atoms with Crippen molar-refractivity contribution in [1.82, 2.24) is 0 Å². The van der Waals surface area contributed by atoms with Crippen LogP contribution in [0.3, 0.4) is 0 Å². The van der Waals surface area contributed by atoms with Crippen molar-refractivity contribution in [2.24, 2.45) is 11.5 Å². The summed E-state index contributed by atoms with van der Waals surface area (Å²) in [6, 6.07) is 7.92. The third kappa shape index (κ3) is 4.06. The Morgan fingerprint density at radius 2 is 1.69 bits per heavy atom. The molecule has 0 aromatic heterocycles. The fourth-order valence-corrected chi connectivity index (χ4v) is 0.980. The number of nitrogens with two attached hydrogens (primary N) is 2. The van der Waals surface area contributed by atoms with Crippen molar-refractivity contribution < 1.29 is 0 Å². The van der Waals surface area contributed by atoms with Gasteiger partial charge >= 0.3 is 0 Å². The van der Waals surface area contributed by atoms with Crippen LogP contribution in [0.15, 0.2) is 24.3 Å². The second kappa shape index (κ2) is 5.00. The molecule has 0 amide bonds. The largest absolute Gasteiger partial charge is 0.310 e. The van der Waals surface area contributed by atoms with Crippen molar-refractivity contribution in [3.05, 3.63) is 35.4 Å². The molecule has 1 aromatic rings. The van der Waals surface area contributed by atoms with Crippen molar-refractivity contribution >= 4 is 0 Å². The molecule has 0 atom stereocenters. The molecule has 0 aliphatic carbocycles. The first-order valence-corrected chi connectivity index (χ1v) is 4.65. The van der Waals surface area contributed by atoms with Gasteiger partial charge in [0.1, 0.15) is 0 Å². The van der Waals surface area contributed by atoms with E-state index in [9.17, 15) is 0 Å². The highest BCUT2D eigenvalue weighted by molar-refractivity contribution is 5.26. The first-order chi connectivity index (χ1) is 6.00. The standard InChI is InChI=1S/C9H14N2.C2H6/c1-7-4-3-5-8(6-7)9(2,10)11;1-2/h3-6H,10-11H2,1-2H3;1-2H3. The second-order valence-corrected chi connectivity index (χ2v) is 3.15. The van der Waals surface area contributed by atoms with Crippen LogP contribution < -0.4 is 11.5 Å². The average Bonchev–Trinajstić information content (AvgIpc) is 2.06. The first kappa shape index (κ1) is 12.1. The van der Waals surface area contributed by atoms with E-state index in [0.717, 1.165) is 5.56 Å². The molecule has 0 spiro atoms. The van der Waals surface area contributed by atoms with E-state index in [0.29, 0.717) is 0 Å². The van der Waals surface area contributed by atoms with Crippen LogP contribution in [0.5, 0.6) is 0 Å². The van der Waals surface area contributed by atoms with Gasteiger partial charge in [-0.1, -0.05) is 43.7 Å². The number of aryl methyl sites for hydroxylation is 1. The Balaban J connectivity index is 0.000000671. The summed E-state index contributed by atoms with van der Waals surface area (Å²) < 4.78 is 0. The van der Waals surface area contributed by atoms with E-state index < -0.39 is 5.66 Å². The van der Waals surface area contributed by atoms with Crippen LogP contribution in [0, 0.1) is 6.92 Å². The quantitative estimate of drug-likeness (QED) is 0.650. The van der Waals surface area contributed by atoms with E-state index in [-0.39, 0.29) is 0 Å². The van der Waals surface area contributed by atoms with Crippen molar-refractivity contribution in [3.63, 3.8) is 0 Å². The molecule has 2 nitrogen and oxygen atoms in total. The Morgan fingerprint density at radius 3 is 2.00 bits per heavy atom. The third-order valence-corrected chi connectivity index (χ3v) is 1.64. The zero-order chi connectivity index (χ0) is 10.5. The van der Waals surface area contributed by atoms with Gasteiger partial charge in [-0.15, -0.1) is 0 Å². The molecule has 0 saturated carbocycles. The van der Waals surface area contributed by atoms with E-state index in [1.54, 1.807) is 6.92 Å². The van der Waals surface area contributed by atoms with Gasteiger partial charge in [0.2, 0.25) is 0 Å². The molecule has 1 rings (SSSR count). The van der Waals surface area contributed by atoms with Gasteiger partial charge in [-0.3, -0.25) is 0 Å². The lowest BCUT2D eigenvalue weighted by Gasteiger charge is -2.19. The summed E-state index contributed by atoms with van der Waals surface area (Å²) in [7, 11) is 0. The number of rotatable bonds is 1. The van der Waals surface area contributed by atoms with Gasteiger partial charge in [0.15, 0.2) is 0 Å². The van der Waals surface area contributed by atoms with Crippen molar-refractivity contribution in [3.8, 4) is 0 Å². The molecule has 0 fully saturated rings. The molecule has 0 aliphatic heterocycles. The molecule has 0 radical (unpaired) electrons. The van der Waals surface area contributed by atoms with Crippen LogP contribution in [0.1, 0.15) is 31.9 Å². The molecule has 0 bridgehead atoms. The molecule has 4 N–H and O–H groups in total. The fourth-order valence-electron chi connectivity index (χ4n) is 0.980. The molecular weight excluding hydrogens is 160 g/mol. The molecule has 0 saturated heterocycles. The summed E-state index contributed by atoms with van der Waals surface area (Å²) in [5.41, 5.74) is 12.8. The molecular formula is C11H20N2. The smallest absolute Gasteiger partial charge is 0.0870 e. The zero-order valence-electron chi connectivity index (χ0n) is 8.96. The van der Waals surface area contributed by atoms with Gasteiger partial charge in [0.25, 0.3) is 0 Å². The Morgan fingerprint density at radius 1 is 1.15 bits per heavy atom. The van der Waals surface area contributed by atoms with Crippen LogP contribution in [0.4, 0.5) is 0 Å². The summed E-state index contributed by atoms with van der Waals surface area (Å²) in [5, 5.41) is 0. The maximum absolute atomic E-state index is 5.70. The van der Waals surface area contributed by atoms with Gasteiger partial charge in [-0.25, -0.2) is 0 Å². The van der Waals surface area contributed by atoms with E-state index >= 15 is 0 Å². The predicted octanol–water partition coefficient (Wildman–Crippen LogP) is 2.11. The Bertz CT molecular complexity index is 249. The van der Waals surface area contributed by atoms with E-state index in [4.69, 9.17) is 11.5 Å². The normalized spacial score (nSPS) is 10.3. The number of hydrogen-bond donors (Lipinski definition) is 2. The minimum absolute atomic E-state index is 0.716. The first-order valence-electron chi connectivity index (χ1n) is 4.65. The van der Waals surface area contributed by atoms with Crippen LogP contribution in [-0.2, 0) is 5.66 Å². The summed E-state index contributed by atoms with van der Waals surface area (Å²) in [6.45, 7) is 7.82. The highest BCUT2D eigenvalue weighted by Gasteiger charge is 2.13. The molecule has 13 heavy (non-hydrogen) atoms. The van der Waals surface area contributed by atoms with Crippen molar-refractivity contribution in [2.45, 2.75) is 33.4 Å². The van der Waals surface area contributed by atoms with Crippen LogP contribution in [0.25, 0.3) is 0 Å². The second-order valence-electron chi connectivity index (χ2n) is 3.15. The Kier molecular flexibility index (Phi) is 4.67. The minimum atomic E-state index is -0.716. The van der Waals surface area contributed by atoms with Crippen LogP contribution >= 0.6 is 0 Å². The molecule has 0 unspecified atom stereocenters. The average molecular weight is 180 g/mol. The highest BCUT2D eigenvalue weighted by Crippen LogP contribution is 2.12. The molecule has 0 aliphatic rings. The molecule has 2 heteroatoms. The lowest BCUT2D eigenvalue weighted by atomic mass is 10.0. The maximum atomic E-state index is 5.70. The van der Waals surface area contributed by atoms with E-state index in [1.807, 2.05) is 45.0 Å². The fraction of sp³-hybridized carbons (Fsp3) is 0.455. The van der Waals surface area contributed by atoms with E-state index in [1.165, 1.54) is 5.56 Å². The Hall–Kier alpha value is -0.860. The van der Waals surface area contributed by atoms with Gasteiger partial charge < -0.3 is 11.5 Å². The summed E-state index contributed by atoms with van der Waals surface area (Å²) >= 11 is 0. The lowest BCUT2D eigenvalue weighted by Crippen LogP contribution is -2.42. The van der Waals surface area contributed by atoms with Crippen molar-refractivity contribution in [1.29, 1.82) is 0 Å². The van der Waals surface area contributed by atoms with Gasteiger partial charge in [-0.05, 0) is 19.4 Å². The number of hydrogen-bond acceptors (Lipinski definition) is 2. The monoisotopic (exact) mass is 180 g/mol. The summed E-state index contributed by atoms with van der Waals surface area (Å²) in [4.78, 5) is 0. The van der Waals surface area contributed by atoms with Crippen LogP contribution in [-0.4, -0.2) is 0 Å². The predicted molar refractivity (Wildman–Crippen MR) is 58.3 cm³/mol. The van der Waals surface area contributed by atoms with E-state index in [2.05, 4.69) is 0 Å².